The molecule has 28 heavy (non-hydrogen) atoms. The molecule has 0 spiro atoms. The van der Waals surface area contributed by atoms with Gasteiger partial charge in [-0.25, -0.2) is 4.98 Å². The van der Waals surface area contributed by atoms with Crippen LogP contribution in [0, 0.1) is 0 Å². The molecule has 1 saturated heterocycles. The molecule has 2 aromatic rings. The van der Waals surface area contributed by atoms with Gasteiger partial charge in [0.05, 0.1) is 17.2 Å². The Morgan fingerprint density at radius 3 is 2.64 bits per heavy atom. The second kappa shape index (κ2) is 10.9. The number of hydrogen-bond acceptors (Lipinski definition) is 6. The molecule has 3 rings (SSSR count). The molecule has 1 aliphatic rings. The summed E-state index contributed by atoms with van der Waals surface area (Å²) in [5, 5.41) is 8.26. The molecule has 150 valence electrons. The van der Waals surface area contributed by atoms with E-state index in [1.54, 1.807) is 0 Å². The van der Waals surface area contributed by atoms with Crippen molar-refractivity contribution in [2.45, 2.75) is 25.8 Å². The van der Waals surface area contributed by atoms with Gasteiger partial charge in [0.1, 0.15) is 0 Å². The second-order valence-electron chi connectivity index (χ2n) is 6.58. The Morgan fingerprint density at radius 1 is 1.14 bits per heavy atom. The van der Waals surface area contributed by atoms with Crippen molar-refractivity contribution in [3.05, 3.63) is 39.8 Å². The van der Waals surface area contributed by atoms with Crippen molar-refractivity contribution < 1.29 is 9.59 Å². The van der Waals surface area contributed by atoms with Crippen LogP contribution in [0.3, 0.4) is 0 Å². The Balaban J connectivity index is 1.35. The van der Waals surface area contributed by atoms with Crippen LogP contribution in [0.15, 0.2) is 34.1 Å². The fourth-order valence-electron chi connectivity index (χ4n) is 2.94. The maximum absolute atomic E-state index is 12.1. The van der Waals surface area contributed by atoms with E-state index in [0.717, 1.165) is 35.5 Å². The maximum atomic E-state index is 12.1. The molecule has 0 bridgehead atoms. The fraction of sp³-hybridized carbons (Fsp3) is 0.421. The van der Waals surface area contributed by atoms with Gasteiger partial charge in [0.25, 0.3) is 0 Å². The van der Waals surface area contributed by atoms with Gasteiger partial charge in [0.2, 0.25) is 11.8 Å². The molecular weight excluding hydrogens is 460 g/mol. The summed E-state index contributed by atoms with van der Waals surface area (Å²) in [5.41, 5.74) is 1.73. The number of thiazole rings is 1. The summed E-state index contributed by atoms with van der Waals surface area (Å²) < 4.78 is 0.903. The van der Waals surface area contributed by atoms with Gasteiger partial charge in [-0.05, 0) is 44.1 Å². The number of hydrogen-bond donors (Lipinski definition) is 2. The highest BCUT2D eigenvalue weighted by molar-refractivity contribution is 9.10. The number of likely N-dealkylation sites (tertiary alicyclic amines) is 1. The van der Waals surface area contributed by atoms with Gasteiger partial charge in [-0.2, -0.15) is 0 Å². The summed E-state index contributed by atoms with van der Waals surface area (Å²) in [6.07, 6.45) is 3.81. The van der Waals surface area contributed by atoms with Crippen molar-refractivity contribution in [3.63, 3.8) is 0 Å². The van der Waals surface area contributed by atoms with Crippen molar-refractivity contribution in [1.82, 2.24) is 9.88 Å². The third-order valence-electron chi connectivity index (χ3n) is 4.21. The van der Waals surface area contributed by atoms with Crippen LogP contribution in [0.2, 0.25) is 0 Å². The number of piperidine rings is 1. The third kappa shape index (κ3) is 7.20. The molecule has 9 heteroatoms. The quantitative estimate of drug-likeness (QED) is 0.589. The van der Waals surface area contributed by atoms with Crippen LogP contribution in [0.4, 0.5) is 10.8 Å². The SMILES string of the molecule is O=C(CSCC(=O)Nc1nc(CN2CCCCC2)cs1)Nc1cccc(Br)c1. The molecule has 0 aliphatic carbocycles. The summed E-state index contributed by atoms with van der Waals surface area (Å²) in [7, 11) is 0. The molecule has 1 aliphatic heterocycles. The lowest BCUT2D eigenvalue weighted by atomic mass is 10.1. The Morgan fingerprint density at radius 2 is 1.89 bits per heavy atom. The minimum atomic E-state index is -0.140. The van der Waals surface area contributed by atoms with Gasteiger partial charge in [-0.1, -0.05) is 28.4 Å². The van der Waals surface area contributed by atoms with E-state index in [4.69, 9.17) is 0 Å². The topological polar surface area (TPSA) is 74.3 Å². The molecule has 1 fully saturated rings. The van der Waals surface area contributed by atoms with Crippen LogP contribution >= 0.6 is 39.0 Å². The number of carbonyl (C=O) groups excluding carboxylic acids is 2. The third-order valence-corrected chi connectivity index (χ3v) is 6.44. The van der Waals surface area contributed by atoms with Crippen LogP contribution < -0.4 is 10.6 Å². The van der Waals surface area contributed by atoms with Gasteiger partial charge in [-0.3, -0.25) is 14.5 Å². The van der Waals surface area contributed by atoms with Gasteiger partial charge in [0.15, 0.2) is 5.13 Å². The van der Waals surface area contributed by atoms with Gasteiger partial charge >= 0.3 is 0 Å². The highest BCUT2D eigenvalue weighted by Crippen LogP contribution is 2.19. The Hall–Kier alpha value is -1.42. The normalized spacial score (nSPS) is 14.6. The number of halogens is 1. The van der Waals surface area contributed by atoms with E-state index < -0.39 is 0 Å². The Kier molecular flexibility index (Phi) is 8.32. The number of rotatable bonds is 8. The number of nitrogens with one attached hydrogen (secondary N) is 2. The number of nitrogens with zero attached hydrogens (tertiary/aromatic N) is 2. The van der Waals surface area contributed by atoms with Gasteiger partial charge in [-0.15, -0.1) is 23.1 Å². The van der Waals surface area contributed by atoms with Crippen LogP contribution in [0.25, 0.3) is 0 Å². The number of aromatic nitrogens is 1. The number of amides is 2. The van der Waals surface area contributed by atoms with E-state index in [0.29, 0.717) is 5.13 Å². The summed E-state index contributed by atoms with van der Waals surface area (Å²) in [4.78, 5) is 31.0. The zero-order chi connectivity index (χ0) is 19.8. The molecule has 0 radical (unpaired) electrons. The van der Waals surface area contributed by atoms with Crippen molar-refractivity contribution in [3.8, 4) is 0 Å². The standard InChI is InChI=1S/C19H23BrN4O2S2/c20-14-5-4-6-15(9-14)21-17(25)12-27-13-18(26)23-19-22-16(11-28-19)10-24-7-2-1-3-8-24/h4-6,9,11H,1-3,7-8,10,12-13H2,(H,21,25)(H,22,23,26). The van der Waals surface area contributed by atoms with E-state index in [2.05, 4.69) is 36.4 Å². The number of anilines is 2. The first-order valence-corrected chi connectivity index (χ1v) is 12.0. The van der Waals surface area contributed by atoms with Crippen LogP contribution in [-0.2, 0) is 16.1 Å². The van der Waals surface area contributed by atoms with Crippen LogP contribution in [0.1, 0.15) is 25.0 Å². The molecule has 2 amide bonds. The fourth-order valence-corrected chi connectivity index (χ4v) is 4.67. The zero-order valence-corrected chi connectivity index (χ0v) is 18.7. The van der Waals surface area contributed by atoms with Crippen LogP contribution in [-0.4, -0.2) is 46.3 Å². The van der Waals surface area contributed by atoms with Crippen molar-refractivity contribution in [1.29, 1.82) is 0 Å². The molecule has 0 unspecified atom stereocenters. The molecular formula is C19H23BrN4O2S2. The van der Waals surface area contributed by atoms with Crippen molar-refractivity contribution in [2.75, 3.05) is 35.2 Å². The lowest BCUT2D eigenvalue weighted by molar-refractivity contribution is -0.114. The van der Waals surface area contributed by atoms with E-state index in [9.17, 15) is 9.59 Å². The summed E-state index contributed by atoms with van der Waals surface area (Å²) in [6.45, 7) is 3.09. The monoisotopic (exact) mass is 482 g/mol. The zero-order valence-electron chi connectivity index (χ0n) is 15.4. The van der Waals surface area contributed by atoms with Crippen molar-refractivity contribution >= 4 is 61.7 Å². The predicted octanol–water partition coefficient (Wildman–Crippen LogP) is 4.20. The van der Waals surface area contributed by atoms with Gasteiger partial charge in [0, 0.05) is 22.1 Å². The second-order valence-corrected chi connectivity index (χ2v) is 9.34. The minimum absolute atomic E-state index is 0.131. The highest BCUT2D eigenvalue weighted by atomic mass is 79.9. The predicted molar refractivity (Wildman–Crippen MR) is 120 cm³/mol. The van der Waals surface area contributed by atoms with E-state index in [1.807, 2.05) is 29.6 Å². The Bertz CT molecular complexity index is 809. The number of carbonyl (C=O) groups is 2. The lowest BCUT2D eigenvalue weighted by Crippen LogP contribution is -2.29. The van der Waals surface area contributed by atoms with E-state index >= 15 is 0 Å². The largest absolute Gasteiger partial charge is 0.325 e. The van der Waals surface area contributed by atoms with Crippen molar-refractivity contribution in [2.24, 2.45) is 0 Å². The smallest absolute Gasteiger partial charge is 0.236 e. The average molecular weight is 483 g/mol. The average Bonchev–Trinajstić information content (AvgIpc) is 3.09. The molecule has 2 heterocycles. The minimum Gasteiger partial charge on any atom is -0.325 e. The number of thioether (sulfide) groups is 1. The summed E-state index contributed by atoms with van der Waals surface area (Å²) >= 11 is 6.09. The molecule has 0 saturated carbocycles. The lowest BCUT2D eigenvalue weighted by Gasteiger charge is -2.25. The summed E-state index contributed by atoms with van der Waals surface area (Å²) in [6, 6.07) is 7.41. The van der Waals surface area contributed by atoms with Crippen LogP contribution in [0.5, 0.6) is 0 Å². The highest BCUT2D eigenvalue weighted by Gasteiger charge is 2.13. The van der Waals surface area contributed by atoms with E-state index in [1.165, 1.54) is 42.4 Å². The Labute approximate surface area is 181 Å². The maximum Gasteiger partial charge on any atom is 0.236 e. The molecule has 0 atom stereocenters. The summed E-state index contributed by atoms with van der Waals surface area (Å²) in [5.74, 6) is 0.165. The van der Waals surface area contributed by atoms with E-state index in [-0.39, 0.29) is 23.3 Å². The molecule has 1 aromatic heterocycles. The first kappa shape index (κ1) is 21.3. The molecule has 1 aromatic carbocycles. The first-order valence-electron chi connectivity index (χ1n) is 9.18. The first-order chi connectivity index (χ1) is 13.6. The molecule has 6 nitrogen and oxygen atoms in total. The number of benzene rings is 1. The molecule has 2 N–H and O–H groups in total. The van der Waals surface area contributed by atoms with Gasteiger partial charge < -0.3 is 10.6 Å².